The lowest BCUT2D eigenvalue weighted by Gasteiger charge is -2.06. The third-order valence-electron chi connectivity index (χ3n) is 3.28. The van der Waals surface area contributed by atoms with Crippen LogP contribution in [0.3, 0.4) is 0 Å². The molecule has 0 aliphatic rings. The van der Waals surface area contributed by atoms with E-state index in [1.807, 2.05) is 0 Å². The Hall–Kier alpha value is -3.57. The zero-order valence-corrected chi connectivity index (χ0v) is 13.7. The molecule has 0 bridgehead atoms. The number of nitriles is 2. The second kappa shape index (κ2) is 8.90. The van der Waals surface area contributed by atoms with Gasteiger partial charge in [0, 0.05) is 0 Å². The molecule has 2 aromatic rings. The van der Waals surface area contributed by atoms with Gasteiger partial charge >= 0.3 is 5.97 Å². The Morgan fingerprint density at radius 2 is 1.92 bits per heavy atom. The van der Waals surface area contributed by atoms with E-state index in [0.717, 1.165) is 5.56 Å². The van der Waals surface area contributed by atoms with Gasteiger partial charge in [-0.2, -0.15) is 10.5 Å². The quantitative estimate of drug-likeness (QED) is 0.459. The van der Waals surface area contributed by atoms with Crippen molar-refractivity contribution in [2.24, 2.45) is 0 Å². The third-order valence-corrected chi connectivity index (χ3v) is 3.28. The van der Waals surface area contributed by atoms with Gasteiger partial charge < -0.3 is 9.47 Å². The lowest BCUT2D eigenvalue weighted by atomic mass is 10.0. The number of hydrogen-bond donors (Lipinski definition) is 0. The molecule has 0 radical (unpaired) electrons. The van der Waals surface area contributed by atoms with E-state index in [-0.39, 0.29) is 6.61 Å². The molecule has 0 unspecified atom stereocenters. The highest BCUT2D eigenvalue weighted by atomic mass is 16.6. The number of esters is 1. The Labute approximate surface area is 146 Å². The molecule has 0 saturated carbocycles. The van der Waals surface area contributed by atoms with E-state index in [1.165, 1.54) is 0 Å². The van der Waals surface area contributed by atoms with Crippen LogP contribution < -0.4 is 4.74 Å². The van der Waals surface area contributed by atoms with Crippen molar-refractivity contribution in [1.29, 1.82) is 10.5 Å². The summed E-state index contributed by atoms with van der Waals surface area (Å²) in [6.07, 6.45) is 1.73. The molecule has 25 heavy (non-hydrogen) atoms. The highest BCUT2D eigenvalue weighted by molar-refractivity contribution is 5.89. The molecule has 0 amide bonds. The van der Waals surface area contributed by atoms with Crippen molar-refractivity contribution in [2.45, 2.75) is 6.92 Å². The van der Waals surface area contributed by atoms with E-state index >= 15 is 0 Å². The number of benzene rings is 2. The number of carbonyl (C=O) groups excluding carboxylic acids is 1. The summed E-state index contributed by atoms with van der Waals surface area (Å²) in [4.78, 5) is 11.3. The average molecular weight is 332 g/mol. The van der Waals surface area contributed by atoms with Crippen molar-refractivity contribution in [1.82, 2.24) is 0 Å². The highest BCUT2D eigenvalue weighted by Gasteiger charge is 2.04. The van der Waals surface area contributed by atoms with Gasteiger partial charge in [-0.1, -0.05) is 24.3 Å². The molecule has 0 aromatic heterocycles. The third kappa shape index (κ3) is 5.23. The summed E-state index contributed by atoms with van der Waals surface area (Å²) in [6.45, 7) is 1.90. The lowest BCUT2D eigenvalue weighted by Crippen LogP contribution is -2.14. The summed E-state index contributed by atoms with van der Waals surface area (Å²) in [6, 6.07) is 18.1. The first kappa shape index (κ1) is 17.8. The molecule has 0 aliphatic heterocycles. The zero-order valence-electron chi connectivity index (χ0n) is 13.7. The number of hydrogen-bond acceptors (Lipinski definition) is 5. The fraction of sp³-hybridized carbons (Fsp3) is 0.150. The number of ether oxygens (including phenoxy) is 2. The standard InChI is InChI=1S/C20H16N2O3/c1-2-24-20(23)14-25-19-8-6-15(7-9-19)10-18(13-22)17-5-3-4-16(11-17)12-21/h3-11H,2,14H2,1H3/b18-10-. The van der Waals surface area contributed by atoms with E-state index in [0.29, 0.717) is 29.1 Å². The molecule has 2 aromatic carbocycles. The minimum absolute atomic E-state index is 0.145. The van der Waals surface area contributed by atoms with Crippen molar-refractivity contribution in [3.63, 3.8) is 0 Å². The first-order valence-electron chi connectivity index (χ1n) is 7.67. The number of allylic oxidation sites excluding steroid dienone is 1. The SMILES string of the molecule is CCOC(=O)COc1ccc(/C=C(/C#N)c2cccc(C#N)c2)cc1. The number of carbonyl (C=O) groups is 1. The Balaban J connectivity index is 2.12. The number of rotatable bonds is 6. The first-order valence-corrected chi connectivity index (χ1v) is 7.67. The zero-order chi connectivity index (χ0) is 18.1. The molecule has 0 N–H and O–H groups in total. The molecular formula is C20H16N2O3. The van der Waals surface area contributed by atoms with E-state index in [9.17, 15) is 10.1 Å². The maximum atomic E-state index is 11.3. The molecule has 0 atom stereocenters. The van der Waals surface area contributed by atoms with Crippen LogP contribution >= 0.6 is 0 Å². The first-order chi connectivity index (χ1) is 12.2. The predicted octanol–water partition coefficient (Wildman–Crippen LogP) is 3.56. The molecule has 0 aliphatic carbocycles. The van der Waals surface area contributed by atoms with Gasteiger partial charge in [0.15, 0.2) is 6.61 Å². The maximum absolute atomic E-state index is 11.3. The van der Waals surface area contributed by atoms with Crippen molar-refractivity contribution >= 4 is 17.6 Å². The smallest absolute Gasteiger partial charge is 0.344 e. The summed E-state index contributed by atoms with van der Waals surface area (Å²) in [5.41, 5.74) is 2.45. The second-order valence-electron chi connectivity index (χ2n) is 5.03. The van der Waals surface area contributed by atoms with Gasteiger partial charge in [-0.05, 0) is 48.4 Å². The van der Waals surface area contributed by atoms with Crippen molar-refractivity contribution in [3.8, 4) is 17.9 Å². The highest BCUT2D eigenvalue weighted by Crippen LogP contribution is 2.20. The topological polar surface area (TPSA) is 83.1 Å². The van der Waals surface area contributed by atoms with Gasteiger partial charge in [-0.25, -0.2) is 4.79 Å². The van der Waals surface area contributed by atoms with E-state index < -0.39 is 5.97 Å². The van der Waals surface area contributed by atoms with E-state index in [1.54, 1.807) is 61.5 Å². The van der Waals surface area contributed by atoms with Gasteiger partial charge in [0.2, 0.25) is 0 Å². The van der Waals surface area contributed by atoms with Crippen LogP contribution in [0.5, 0.6) is 5.75 Å². The van der Waals surface area contributed by atoms with Gasteiger partial charge in [0.25, 0.3) is 0 Å². The molecule has 0 fully saturated rings. The van der Waals surface area contributed by atoms with Crippen LogP contribution in [-0.4, -0.2) is 19.2 Å². The summed E-state index contributed by atoms with van der Waals surface area (Å²) in [7, 11) is 0. The fourth-order valence-corrected chi connectivity index (χ4v) is 2.11. The normalized spacial score (nSPS) is 10.4. The largest absolute Gasteiger partial charge is 0.482 e. The summed E-state index contributed by atoms with van der Waals surface area (Å²) in [5, 5.41) is 18.3. The molecule has 0 saturated heterocycles. The van der Waals surface area contributed by atoms with Crippen LogP contribution in [-0.2, 0) is 9.53 Å². The Morgan fingerprint density at radius 3 is 2.56 bits per heavy atom. The molecule has 0 spiro atoms. The van der Waals surface area contributed by atoms with Crippen molar-refractivity contribution < 1.29 is 14.3 Å². The summed E-state index contributed by atoms with van der Waals surface area (Å²) < 4.78 is 10.1. The van der Waals surface area contributed by atoms with Crippen LogP contribution in [0.2, 0.25) is 0 Å². The van der Waals surface area contributed by atoms with Crippen LogP contribution in [0, 0.1) is 22.7 Å². The van der Waals surface area contributed by atoms with Crippen LogP contribution in [0.4, 0.5) is 0 Å². The molecule has 124 valence electrons. The minimum atomic E-state index is -0.421. The lowest BCUT2D eigenvalue weighted by molar-refractivity contribution is -0.145. The molecule has 2 rings (SSSR count). The maximum Gasteiger partial charge on any atom is 0.344 e. The second-order valence-corrected chi connectivity index (χ2v) is 5.03. The monoisotopic (exact) mass is 332 g/mol. The van der Waals surface area contributed by atoms with Crippen LogP contribution in [0.25, 0.3) is 11.6 Å². The van der Waals surface area contributed by atoms with E-state index in [2.05, 4.69) is 12.1 Å². The van der Waals surface area contributed by atoms with Crippen molar-refractivity contribution in [2.75, 3.05) is 13.2 Å². The van der Waals surface area contributed by atoms with Gasteiger partial charge in [0.1, 0.15) is 5.75 Å². The fourth-order valence-electron chi connectivity index (χ4n) is 2.11. The summed E-state index contributed by atoms with van der Waals surface area (Å²) >= 11 is 0. The summed E-state index contributed by atoms with van der Waals surface area (Å²) in [5.74, 6) is 0.116. The molecule has 5 nitrogen and oxygen atoms in total. The molecule has 0 heterocycles. The number of nitrogens with zero attached hydrogens (tertiary/aromatic N) is 2. The van der Waals surface area contributed by atoms with Gasteiger partial charge in [-0.3, -0.25) is 0 Å². The molecular weight excluding hydrogens is 316 g/mol. The van der Waals surface area contributed by atoms with Gasteiger partial charge in [0.05, 0.1) is 29.9 Å². The Morgan fingerprint density at radius 1 is 1.16 bits per heavy atom. The van der Waals surface area contributed by atoms with E-state index in [4.69, 9.17) is 14.7 Å². The Bertz CT molecular complexity index is 856. The predicted molar refractivity (Wildman–Crippen MR) is 93.2 cm³/mol. The molecule has 5 heteroatoms. The Kier molecular flexibility index (Phi) is 6.33. The van der Waals surface area contributed by atoms with Gasteiger partial charge in [-0.15, -0.1) is 0 Å². The minimum Gasteiger partial charge on any atom is -0.482 e. The van der Waals surface area contributed by atoms with Crippen molar-refractivity contribution in [3.05, 3.63) is 65.2 Å². The average Bonchev–Trinajstić information content (AvgIpc) is 2.65. The van der Waals surface area contributed by atoms with Crippen LogP contribution in [0.1, 0.15) is 23.6 Å². The van der Waals surface area contributed by atoms with Crippen LogP contribution in [0.15, 0.2) is 48.5 Å².